The van der Waals surface area contributed by atoms with Gasteiger partial charge in [0.05, 0.1) is 18.4 Å². The highest BCUT2D eigenvalue weighted by molar-refractivity contribution is 6.45. The van der Waals surface area contributed by atoms with Crippen LogP contribution in [-0.2, 0) is 9.59 Å². The van der Waals surface area contributed by atoms with Crippen molar-refractivity contribution in [1.29, 1.82) is 0 Å². The Morgan fingerprint density at radius 1 is 0.833 bits per heavy atom. The molecule has 2 aromatic carbocycles. The van der Waals surface area contributed by atoms with Gasteiger partial charge in [-0.15, -0.1) is 0 Å². The van der Waals surface area contributed by atoms with E-state index in [-0.39, 0.29) is 11.8 Å². The van der Waals surface area contributed by atoms with Crippen molar-refractivity contribution in [1.82, 2.24) is 4.90 Å². The highest BCUT2D eigenvalue weighted by Gasteiger charge is 2.42. The molecule has 2 aliphatic rings. The van der Waals surface area contributed by atoms with Crippen LogP contribution in [0.2, 0.25) is 0 Å². The summed E-state index contributed by atoms with van der Waals surface area (Å²) in [7, 11) is 5.52. The minimum absolute atomic E-state index is 0.245. The number of anilines is 2. The predicted molar refractivity (Wildman–Crippen MR) is 119 cm³/mol. The summed E-state index contributed by atoms with van der Waals surface area (Å²) in [6.07, 6.45) is 3.20. The van der Waals surface area contributed by atoms with Crippen LogP contribution >= 0.6 is 0 Å². The minimum atomic E-state index is -0.275. The molecule has 156 valence electrons. The van der Waals surface area contributed by atoms with E-state index < -0.39 is 0 Å². The minimum Gasteiger partial charge on any atom is -0.497 e. The Labute approximate surface area is 177 Å². The lowest BCUT2D eigenvalue weighted by molar-refractivity contribution is -0.120. The summed E-state index contributed by atoms with van der Waals surface area (Å²) in [5.41, 5.74) is 3.33. The van der Waals surface area contributed by atoms with Gasteiger partial charge in [-0.1, -0.05) is 12.1 Å². The van der Waals surface area contributed by atoms with Gasteiger partial charge in [-0.2, -0.15) is 0 Å². The molecule has 0 aliphatic carbocycles. The highest BCUT2D eigenvalue weighted by Crippen LogP contribution is 2.36. The number of hydrogen-bond donors (Lipinski definition) is 0. The second kappa shape index (κ2) is 8.22. The molecule has 0 aromatic heterocycles. The van der Waals surface area contributed by atoms with Gasteiger partial charge >= 0.3 is 0 Å². The van der Waals surface area contributed by atoms with Gasteiger partial charge < -0.3 is 14.5 Å². The number of piperidine rings is 1. The van der Waals surface area contributed by atoms with E-state index in [0.29, 0.717) is 22.7 Å². The molecule has 0 spiro atoms. The van der Waals surface area contributed by atoms with Crippen LogP contribution in [0.15, 0.2) is 54.2 Å². The Morgan fingerprint density at radius 2 is 1.47 bits per heavy atom. The molecule has 0 atom stereocenters. The first kappa shape index (κ1) is 20.0. The van der Waals surface area contributed by atoms with Gasteiger partial charge in [0.1, 0.15) is 11.4 Å². The molecular formula is C24H27N3O3. The average molecular weight is 405 g/mol. The van der Waals surface area contributed by atoms with Crippen LogP contribution < -0.4 is 14.5 Å². The molecule has 0 unspecified atom stereocenters. The molecule has 1 fully saturated rings. The fraction of sp³-hybridized carbons (Fsp3) is 0.333. The Morgan fingerprint density at radius 3 is 2.03 bits per heavy atom. The summed E-state index contributed by atoms with van der Waals surface area (Å²) in [5.74, 6) is 0.195. The molecule has 2 aliphatic heterocycles. The summed E-state index contributed by atoms with van der Waals surface area (Å²) in [6.45, 7) is 1.59. The van der Waals surface area contributed by atoms with Gasteiger partial charge in [0, 0.05) is 32.9 Å². The van der Waals surface area contributed by atoms with E-state index in [0.717, 1.165) is 43.6 Å². The van der Waals surface area contributed by atoms with Crippen molar-refractivity contribution in [2.75, 3.05) is 44.1 Å². The number of imide groups is 1. The summed E-state index contributed by atoms with van der Waals surface area (Å²) < 4.78 is 5.25. The maximum atomic E-state index is 13.5. The zero-order valence-electron chi connectivity index (χ0n) is 17.7. The third kappa shape index (κ3) is 3.54. The van der Waals surface area contributed by atoms with E-state index in [1.165, 1.54) is 4.90 Å². The van der Waals surface area contributed by atoms with E-state index in [9.17, 15) is 9.59 Å². The molecule has 0 saturated carbocycles. The van der Waals surface area contributed by atoms with Crippen molar-refractivity contribution in [2.45, 2.75) is 19.3 Å². The number of hydrogen-bond acceptors (Lipinski definition) is 5. The Balaban J connectivity index is 1.76. The van der Waals surface area contributed by atoms with Gasteiger partial charge in [0.2, 0.25) is 0 Å². The summed E-state index contributed by atoms with van der Waals surface area (Å²) >= 11 is 0. The second-order valence-electron chi connectivity index (χ2n) is 7.86. The second-order valence-corrected chi connectivity index (χ2v) is 7.86. The largest absolute Gasteiger partial charge is 0.497 e. The standard InChI is InChI=1S/C24H27N3O3/c1-25(2)18-9-11-19(12-10-18)27-23(28)21(17-7-13-20(30-3)14-8-17)22(24(27)29)26-15-5-4-6-16-26/h7-14H,4-6,15-16H2,1-3H3. The van der Waals surface area contributed by atoms with Gasteiger partial charge in [-0.3, -0.25) is 9.59 Å². The molecule has 2 heterocycles. The van der Waals surface area contributed by atoms with Crippen molar-refractivity contribution in [2.24, 2.45) is 0 Å². The summed E-state index contributed by atoms with van der Waals surface area (Å²) in [6, 6.07) is 14.8. The zero-order valence-corrected chi connectivity index (χ0v) is 17.7. The van der Waals surface area contributed by atoms with Crippen molar-refractivity contribution >= 4 is 28.8 Å². The predicted octanol–water partition coefficient (Wildman–Crippen LogP) is 3.53. The highest BCUT2D eigenvalue weighted by atomic mass is 16.5. The first-order chi connectivity index (χ1) is 14.5. The number of ether oxygens (including phenoxy) is 1. The van der Waals surface area contributed by atoms with Crippen LogP contribution in [0.5, 0.6) is 5.75 Å². The third-order valence-electron chi connectivity index (χ3n) is 5.73. The van der Waals surface area contributed by atoms with Crippen LogP contribution in [0.3, 0.4) is 0 Å². The van der Waals surface area contributed by atoms with Gasteiger partial charge in [0.25, 0.3) is 11.8 Å². The molecular weight excluding hydrogens is 378 g/mol. The van der Waals surface area contributed by atoms with Crippen LogP contribution in [-0.4, -0.2) is 51.0 Å². The van der Waals surface area contributed by atoms with Gasteiger partial charge in [-0.05, 0) is 61.2 Å². The number of carbonyl (C=O) groups excluding carboxylic acids is 2. The molecule has 6 nitrogen and oxygen atoms in total. The number of likely N-dealkylation sites (tertiary alicyclic amines) is 1. The summed E-state index contributed by atoms with van der Waals surface area (Å²) in [5, 5.41) is 0. The van der Waals surface area contributed by atoms with Crippen molar-refractivity contribution in [3.8, 4) is 5.75 Å². The van der Waals surface area contributed by atoms with Crippen LogP contribution in [0, 0.1) is 0 Å². The van der Waals surface area contributed by atoms with E-state index in [4.69, 9.17) is 4.74 Å². The first-order valence-electron chi connectivity index (χ1n) is 10.3. The van der Waals surface area contributed by atoms with E-state index in [2.05, 4.69) is 4.90 Å². The third-order valence-corrected chi connectivity index (χ3v) is 5.73. The fourth-order valence-electron chi connectivity index (χ4n) is 4.08. The number of benzene rings is 2. The maximum absolute atomic E-state index is 13.5. The lowest BCUT2D eigenvalue weighted by Gasteiger charge is -2.29. The molecule has 6 heteroatoms. The van der Waals surface area contributed by atoms with Crippen molar-refractivity contribution in [3.05, 3.63) is 59.8 Å². The van der Waals surface area contributed by atoms with Gasteiger partial charge in [-0.25, -0.2) is 4.90 Å². The van der Waals surface area contributed by atoms with Crippen molar-refractivity contribution in [3.63, 3.8) is 0 Å². The zero-order chi connectivity index (χ0) is 21.3. The maximum Gasteiger partial charge on any atom is 0.282 e. The lowest BCUT2D eigenvalue weighted by Crippen LogP contribution is -2.37. The molecule has 0 bridgehead atoms. The number of rotatable bonds is 5. The molecule has 0 N–H and O–H groups in total. The Bertz CT molecular complexity index is 972. The van der Waals surface area contributed by atoms with E-state index in [1.54, 1.807) is 7.11 Å². The van der Waals surface area contributed by atoms with Gasteiger partial charge in [0.15, 0.2) is 0 Å². The SMILES string of the molecule is COc1ccc(C2=C(N3CCCCC3)C(=O)N(c3ccc(N(C)C)cc3)C2=O)cc1. The molecule has 30 heavy (non-hydrogen) atoms. The van der Waals surface area contributed by atoms with E-state index in [1.807, 2.05) is 67.5 Å². The quantitative estimate of drug-likeness (QED) is 0.713. The molecule has 2 aromatic rings. The van der Waals surface area contributed by atoms with Crippen LogP contribution in [0.4, 0.5) is 11.4 Å². The number of amides is 2. The molecule has 4 rings (SSSR count). The molecule has 2 amide bonds. The normalized spacial score (nSPS) is 17.0. The lowest BCUT2D eigenvalue weighted by atomic mass is 10.0. The molecule has 1 saturated heterocycles. The van der Waals surface area contributed by atoms with Crippen molar-refractivity contribution < 1.29 is 14.3 Å². The fourth-order valence-corrected chi connectivity index (χ4v) is 4.08. The Kier molecular flexibility index (Phi) is 5.48. The smallest absolute Gasteiger partial charge is 0.282 e. The summed E-state index contributed by atoms with van der Waals surface area (Å²) in [4.78, 5) is 32.4. The topological polar surface area (TPSA) is 53.1 Å². The average Bonchev–Trinajstić information content (AvgIpc) is 3.04. The molecule has 0 radical (unpaired) electrons. The monoisotopic (exact) mass is 405 g/mol. The van der Waals surface area contributed by atoms with Crippen LogP contribution in [0.25, 0.3) is 5.57 Å². The Hall–Kier alpha value is -3.28. The number of methoxy groups -OCH3 is 1. The first-order valence-corrected chi connectivity index (χ1v) is 10.3. The number of carbonyl (C=O) groups is 2. The number of nitrogens with zero attached hydrogens (tertiary/aromatic N) is 3. The van der Waals surface area contributed by atoms with E-state index >= 15 is 0 Å². The van der Waals surface area contributed by atoms with Crippen LogP contribution in [0.1, 0.15) is 24.8 Å².